The SMILES string of the molecule is CCCCCCCCCCCCOC(=O)CCCOCCOCCOCC. The molecule has 0 amide bonds. The van der Waals surface area contributed by atoms with E-state index in [0.29, 0.717) is 52.5 Å². The molecule has 0 aromatic rings. The van der Waals surface area contributed by atoms with Gasteiger partial charge in [0.25, 0.3) is 0 Å². The Kier molecular flexibility index (Phi) is 22.8. The van der Waals surface area contributed by atoms with Gasteiger partial charge >= 0.3 is 5.97 Å². The lowest BCUT2D eigenvalue weighted by Gasteiger charge is -2.07. The molecule has 0 aromatic heterocycles. The van der Waals surface area contributed by atoms with E-state index in [2.05, 4.69) is 6.92 Å². The van der Waals surface area contributed by atoms with Crippen molar-refractivity contribution in [1.82, 2.24) is 0 Å². The Balaban J connectivity index is 3.13. The fraction of sp³-hybridized carbons (Fsp3) is 0.955. The van der Waals surface area contributed by atoms with Crippen LogP contribution < -0.4 is 0 Å². The highest BCUT2D eigenvalue weighted by atomic mass is 16.5. The van der Waals surface area contributed by atoms with Gasteiger partial charge in [-0.3, -0.25) is 4.79 Å². The third-order valence-corrected chi connectivity index (χ3v) is 4.38. The molecule has 0 aliphatic rings. The molecule has 5 heteroatoms. The molecule has 0 aliphatic heterocycles. The van der Waals surface area contributed by atoms with Crippen LogP contribution in [0.3, 0.4) is 0 Å². The van der Waals surface area contributed by atoms with Crippen molar-refractivity contribution in [2.75, 3.05) is 46.2 Å². The molecule has 0 heterocycles. The van der Waals surface area contributed by atoms with Crippen LogP contribution in [-0.4, -0.2) is 52.2 Å². The molecule has 0 unspecified atom stereocenters. The minimum atomic E-state index is -0.109. The summed E-state index contributed by atoms with van der Waals surface area (Å²) < 4.78 is 21.2. The Morgan fingerprint density at radius 2 is 1.07 bits per heavy atom. The number of carbonyl (C=O) groups excluding carboxylic acids is 1. The van der Waals surface area contributed by atoms with E-state index in [-0.39, 0.29) is 5.97 Å². The summed E-state index contributed by atoms with van der Waals surface area (Å²) in [5, 5.41) is 0. The molecular weight excluding hydrogens is 344 g/mol. The summed E-state index contributed by atoms with van der Waals surface area (Å²) in [6.45, 7) is 8.41. The average molecular weight is 389 g/mol. The van der Waals surface area contributed by atoms with Crippen LogP contribution in [0.5, 0.6) is 0 Å². The van der Waals surface area contributed by atoms with Crippen LogP contribution in [0.1, 0.15) is 90.9 Å². The van der Waals surface area contributed by atoms with Crippen molar-refractivity contribution in [2.24, 2.45) is 0 Å². The molecule has 0 saturated carbocycles. The predicted octanol–water partition coefficient (Wildman–Crippen LogP) is 5.30. The van der Waals surface area contributed by atoms with Gasteiger partial charge in [-0.15, -0.1) is 0 Å². The van der Waals surface area contributed by atoms with Crippen LogP contribution in [0.25, 0.3) is 0 Å². The van der Waals surface area contributed by atoms with Gasteiger partial charge in [-0.1, -0.05) is 64.7 Å². The van der Waals surface area contributed by atoms with Gasteiger partial charge in [-0.25, -0.2) is 0 Å². The molecular formula is C22H44O5. The fourth-order valence-corrected chi connectivity index (χ4v) is 2.75. The smallest absolute Gasteiger partial charge is 0.305 e. The van der Waals surface area contributed by atoms with Gasteiger partial charge in [0.15, 0.2) is 0 Å². The summed E-state index contributed by atoms with van der Waals surface area (Å²) in [5.41, 5.74) is 0. The van der Waals surface area contributed by atoms with Gasteiger partial charge < -0.3 is 18.9 Å². The maximum Gasteiger partial charge on any atom is 0.305 e. The first-order valence-corrected chi connectivity index (χ1v) is 11.2. The van der Waals surface area contributed by atoms with Crippen molar-refractivity contribution < 1.29 is 23.7 Å². The van der Waals surface area contributed by atoms with Crippen LogP contribution in [0.4, 0.5) is 0 Å². The van der Waals surface area contributed by atoms with Crippen molar-refractivity contribution >= 4 is 5.97 Å². The quantitative estimate of drug-likeness (QED) is 0.186. The summed E-state index contributed by atoms with van der Waals surface area (Å²) >= 11 is 0. The first-order chi connectivity index (χ1) is 13.3. The van der Waals surface area contributed by atoms with Gasteiger partial charge in [0.1, 0.15) is 0 Å². The summed E-state index contributed by atoms with van der Waals surface area (Å²) in [4.78, 5) is 11.6. The van der Waals surface area contributed by atoms with Gasteiger partial charge in [0.05, 0.1) is 33.0 Å². The highest BCUT2D eigenvalue weighted by molar-refractivity contribution is 5.69. The first kappa shape index (κ1) is 26.4. The van der Waals surface area contributed by atoms with Crippen LogP contribution in [0.15, 0.2) is 0 Å². The summed E-state index contributed by atoms with van der Waals surface area (Å²) in [7, 11) is 0. The Labute approximate surface area is 167 Å². The highest BCUT2D eigenvalue weighted by Gasteiger charge is 2.02. The van der Waals surface area contributed by atoms with Gasteiger partial charge in [0.2, 0.25) is 0 Å². The third-order valence-electron chi connectivity index (χ3n) is 4.38. The molecule has 27 heavy (non-hydrogen) atoms. The lowest BCUT2D eigenvalue weighted by molar-refractivity contribution is -0.144. The molecule has 0 aromatic carbocycles. The van der Waals surface area contributed by atoms with E-state index in [1.807, 2.05) is 6.92 Å². The van der Waals surface area contributed by atoms with E-state index in [4.69, 9.17) is 18.9 Å². The number of ether oxygens (including phenoxy) is 4. The van der Waals surface area contributed by atoms with E-state index >= 15 is 0 Å². The fourth-order valence-electron chi connectivity index (χ4n) is 2.75. The molecule has 0 bridgehead atoms. The minimum Gasteiger partial charge on any atom is -0.466 e. The second-order valence-corrected chi connectivity index (χ2v) is 6.93. The molecule has 0 rings (SSSR count). The van der Waals surface area contributed by atoms with Crippen molar-refractivity contribution in [3.05, 3.63) is 0 Å². The van der Waals surface area contributed by atoms with Crippen molar-refractivity contribution in [3.8, 4) is 0 Å². The number of carbonyl (C=O) groups is 1. The van der Waals surface area contributed by atoms with Crippen molar-refractivity contribution in [3.63, 3.8) is 0 Å². The standard InChI is InChI=1S/C22H44O5/c1-3-5-6-7-8-9-10-11-12-13-17-27-22(23)15-14-16-25-20-21-26-19-18-24-4-2/h3-21H2,1-2H3. The van der Waals surface area contributed by atoms with Crippen LogP contribution >= 0.6 is 0 Å². The van der Waals surface area contributed by atoms with Gasteiger partial charge in [-0.2, -0.15) is 0 Å². The second-order valence-electron chi connectivity index (χ2n) is 6.93. The number of hydrogen-bond acceptors (Lipinski definition) is 5. The minimum absolute atomic E-state index is 0.109. The predicted molar refractivity (Wildman–Crippen MR) is 110 cm³/mol. The Hall–Kier alpha value is -0.650. The first-order valence-electron chi connectivity index (χ1n) is 11.2. The molecule has 0 atom stereocenters. The zero-order valence-electron chi connectivity index (χ0n) is 18.0. The maximum atomic E-state index is 11.6. The van der Waals surface area contributed by atoms with Gasteiger partial charge in [0, 0.05) is 19.6 Å². The zero-order valence-corrected chi connectivity index (χ0v) is 18.0. The maximum absolute atomic E-state index is 11.6. The molecule has 0 radical (unpaired) electrons. The van der Waals surface area contributed by atoms with E-state index < -0.39 is 0 Å². The highest BCUT2D eigenvalue weighted by Crippen LogP contribution is 2.10. The lowest BCUT2D eigenvalue weighted by atomic mass is 10.1. The monoisotopic (exact) mass is 388 g/mol. The van der Waals surface area contributed by atoms with Crippen LogP contribution in [0.2, 0.25) is 0 Å². The number of rotatable bonds is 22. The molecule has 0 aliphatic carbocycles. The van der Waals surface area contributed by atoms with Crippen LogP contribution in [0, 0.1) is 0 Å². The van der Waals surface area contributed by atoms with E-state index in [0.717, 1.165) is 19.4 Å². The van der Waals surface area contributed by atoms with Crippen molar-refractivity contribution in [1.29, 1.82) is 0 Å². The Bertz CT molecular complexity index is 296. The zero-order chi connectivity index (χ0) is 19.8. The summed E-state index contributed by atoms with van der Waals surface area (Å²) in [6, 6.07) is 0. The van der Waals surface area contributed by atoms with Crippen molar-refractivity contribution in [2.45, 2.75) is 90.9 Å². The lowest BCUT2D eigenvalue weighted by Crippen LogP contribution is -2.11. The van der Waals surface area contributed by atoms with E-state index in [9.17, 15) is 4.79 Å². The second kappa shape index (κ2) is 23.4. The number of unbranched alkanes of at least 4 members (excludes halogenated alkanes) is 9. The molecule has 0 fully saturated rings. The topological polar surface area (TPSA) is 54.0 Å². The molecule has 162 valence electrons. The van der Waals surface area contributed by atoms with Crippen LogP contribution in [-0.2, 0) is 23.7 Å². The molecule has 0 spiro atoms. The van der Waals surface area contributed by atoms with E-state index in [1.54, 1.807) is 0 Å². The summed E-state index contributed by atoms with van der Waals surface area (Å²) in [5.74, 6) is -0.109. The largest absolute Gasteiger partial charge is 0.466 e. The third kappa shape index (κ3) is 23.3. The Morgan fingerprint density at radius 3 is 1.67 bits per heavy atom. The molecule has 0 N–H and O–H groups in total. The number of esters is 1. The summed E-state index contributed by atoms with van der Waals surface area (Å²) in [6.07, 6.45) is 14.0. The normalized spacial score (nSPS) is 11.0. The van der Waals surface area contributed by atoms with Gasteiger partial charge in [-0.05, 0) is 19.8 Å². The number of hydrogen-bond donors (Lipinski definition) is 0. The Morgan fingerprint density at radius 1 is 0.556 bits per heavy atom. The van der Waals surface area contributed by atoms with E-state index in [1.165, 1.54) is 51.4 Å². The average Bonchev–Trinajstić information content (AvgIpc) is 2.67. The molecule has 5 nitrogen and oxygen atoms in total. The molecule has 0 saturated heterocycles.